The van der Waals surface area contributed by atoms with Crippen LogP contribution in [-0.4, -0.2) is 26.8 Å². The maximum atomic E-state index is 13.0. The van der Waals surface area contributed by atoms with E-state index in [2.05, 4.69) is 33.2 Å². The topological polar surface area (TPSA) is 70.0 Å². The minimum absolute atomic E-state index is 0.166. The SMILES string of the molecule is CCCCSC1=NN2C(=c3cc(Br)ccc3=N[C@H]2c2cccc(C)n2)C(=O)N1. The Balaban J connectivity index is 1.87. The molecule has 2 aromatic rings. The lowest BCUT2D eigenvalue weighted by Gasteiger charge is -2.33. The van der Waals surface area contributed by atoms with E-state index >= 15 is 0 Å². The van der Waals surface area contributed by atoms with E-state index in [1.54, 1.807) is 16.8 Å². The van der Waals surface area contributed by atoms with Crippen LogP contribution < -0.4 is 15.9 Å². The number of hydrogen-bond acceptors (Lipinski definition) is 6. The third-order valence-corrected chi connectivity index (χ3v) is 5.92. The Morgan fingerprint density at radius 2 is 2.14 bits per heavy atom. The molecule has 0 unspecified atom stereocenters. The number of benzene rings is 1. The highest BCUT2D eigenvalue weighted by molar-refractivity contribution is 9.10. The molecule has 2 aliphatic heterocycles. The lowest BCUT2D eigenvalue weighted by atomic mass is 10.1. The van der Waals surface area contributed by atoms with E-state index in [1.165, 1.54) is 0 Å². The molecule has 0 bridgehead atoms. The van der Waals surface area contributed by atoms with Gasteiger partial charge in [-0.1, -0.05) is 47.1 Å². The zero-order chi connectivity index (χ0) is 19.7. The van der Waals surface area contributed by atoms with Gasteiger partial charge in [0.1, 0.15) is 5.70 Å². The fraction of sp³-hybridized carbons (Fsp3) is 0.300. The van der Waals surface area contributed by atoms with Crippen LogP contribution in [0.25, 0.3) is 5.70 Å². The van der Waals surface area contributed by atoms with Gasteiger partial charge in [-0.25, -0.2) is 5.01 Å². The Bertz CT molecular complexity index is 1080. The normalized spacial score (nSPS) is 18.0. The van der Waals surface area contributed by atoms with Crippen LogP contribution in [0.1, 0.15) is 37.3 Å². The Labute approximate surface area is 176 Å². The molecule has 3 heterocycles. The largest absolute Gasteiger partial charge is 0.298 e. The summed E-state index contributed by atoms with van der Waals surface area (Å²) in [6.45, 7) is 4.09. The molecule has 0 saturated carbocycles. The van der Waals surface area contributed by atoms with E-state index in [1.807, 2.05) is 43.3 Å². The van der Waals surface area contributed by atoms with Crippen molar-refractivity contribution < 1.29 is 4.79 Å². The molecule has 0 fully saturated rings. The third-order valence-electron chi connectivity index (χ3n) is 4.48. The summed E-state index contributed by atoms with van der Waals surface area (Å²) in [5.41, 5.74) is 2.17. The van der Waals surface area contributed by atoms with Crippen molar-refractivity contribution in [1.29, 1.82) is 0 Å². The van der Waals surface area contributed by atoms with E-state index in [0.717, 1.165) is 45.0 Å². The molecule has 0 saturated heterocycles. The average molecular weight is 458 g/mol. The Hall–Kier alpha value is -2.19. The molecule has 0 spiro atoms. The number of pyridine rings is 1. The summed E-state index contributed by atoms with van der Waals surface area (Å²) in [5.74, 6) is 0.742. The van der Waals surface area contributed by atoms with Gasteiger partial charge in [0, 0.05) is 21.1 Å². The number of unbranched alkanes of at least 4 members (excludes halogenated alkanes) is 1. The minimum atomic E-state index is -0.476. The van der Waals surface area contributed by atoms with Crippen LogP contribution >= 0.6 is 27.7 Å². The number of hydrogen-bond donors (Lipinski definition) is 1. The molecule has 0 aliphatic carbocycles. The maximum Gasteiger partial charge on any atom is 0.276 e. The molecule has 2 aliphatic rings. The smallest absolute Gasteiger partial charge is 0.276 e. The van der Waals surface area contributed by atoms with Gasteiger partial charge < -0.3 is 0 Å². The third kappa shape index (κ3) is 3.71. The van der Waals surface area contributed by atoms with Gasteiger partial charge in [-0.05, 0) is 43.7 Å². The quantitative estimate of drug-likeness (QED) is 0.716. The monoisotopic (exact) mass is 457 g/mol. The number of nitrogens with one attached hydrogen (secondary N) is 1. The van der Waals surface area contributed by atoms with Crippen molar-refractivity contribution in [2.45, 2.75) is 32.9 Å². The molecule has 1 amide bonds. The number of aromatic nitrogens is 1. The van der Waals surface area contributed by atoms with E-state index in [9.17, 15) is 4.79 Å². The number of aryl methyl sites for hydroxylation is 1. The van der Waals surface area contributed by atoms with E-state index in [0.29, 0.717) is 10.9 Å². The number of halogens is 1. The van der Waals surface area contributed by atoms with E-state index in [-0.39, 0.29) is 5.91 Å². The van der Waals surface area contributed by atoms with Crippen molar-refractivity contribution in [2.75, 3.05) is 5.75 Å². The molecular weight excluding hydrogens is 438 g/mol. The van der Waals surface area contributed by atoms with Gasteiger partial charge in [-0.3, -0.25) is 20.1 Å². The number of rotatable bonds is 4. The zero-order valence-electron chi connectivity index (χ0n) is 15.6. The Morgan fingerprint density at radius 1 is 1.29 bits per heavy atom. The number of nitrogens with zero attached hydrogens (tertiary/aromatic N) is 4. The molecule has 144 valence electrons. The molecule has 6 nitrogen and oxygen atoms in total. The van der Waals surface area contributed by atoms with Gasteiger partial charge in [-0.15, -0.1) is 5.10 Å². The van der Waals surface area contributed by atoms with E-state index < -0.39 is 6.17 Å². The highest BCUT2D eigenvalue weighted by Gasteiger charge is 2.35. The van der Waals surface area contributed by atoms with Crippen LogP contribution in [0.2, 0.25) is 0 Å². The Kier molecular flexibility index (Phi) is 5.50. The van der Waals surface area contributed by atoms with Crippen LogP contribution in [0.15, 0.2) is 51.0 Å². The Morgan fingerprint density at radius 3 is 2.93 bits per heavy atom. The number of amidine groups is 1. The predicted octanol–water partition coefficient (Wildman–Crippen LogP) is 2.83. The van der Waals surface area contributed by atoms with Gasteiger partial charge >= 0.3 is 0 Å². The fourth-order valence-electron chi connectivity index (χ4n) is 3.13. The van der Waals surface area contributed by atoms with Gasteiger partial charge in [0.15, 0.2) is 11.3 Å². The second-order valence-electron chi connectivity index (χ2n) is 6.62. The first-order chi connectivity index (χ1) is 13.6. The highest BCUT2D eigenvalue weighted by Crippen LogP contribution is 2.30. The highest BCUT2D eigenvalue weighted by atomic mass is 79.9. The van der Waals surface area contributed by atoms with Crippen molar-refractivity contribution in [2.24, 2.45) is 10.1 Å². The number of thioether (sulfide) groups is 1. The number of carbonyl (C=O) groups excluding carboxylic acids is 1. The summed E-state index contributed by atoms with van der Waals surface area (Å²) in [6, 6.07) is 11.6. The van der Waals surface area contributed by atoms with Crippen molar-refractivity contribution >= 4 is 44.5 Å². The maximum absolute atomic E-state index is 13.0. The summed E-state index contributed by atoms with van der Waals surface area (Å²) >= 11 is 5.05. The molecule has 28 heavy (non-hydrogen) atoms. The van der Waals surface area contributed by atoms with Crippen LogP contribution in [-0.2, 0) is 4.79 Å². The molecule has 0 radical (unpaired) electrons. The first-order valence-corrected chi connectivity index (χ1v) is 11.0. The van der Waals surface area contributed by atoms with Crippen LogP contribution in [0, 0.1) is 6.92 Å². The number of fused-ring (bicyclic) bond motifs is 2. The first kappa shape index (κ1) is 19.1. The lowest BCUT2D eigenvalue weighted by Crippen LogP contribution is -2.50. The molecule has 1 aromatic carbocycles. The first-order valence-electron chi connectivity index (χ1n) is 9.20. The van der Waals surface area contributed by atoms with Crippen LogP contribution in [0.3, 0.4) is 0 Å². The lowest BCUT2D eigenvalue weighted by molar-refractivity contribution is -0.116. The fourth-order valence-corrected chi connectivity index (χ4v) is 4.43. The number of carbonyl (C=O) groups is 1. The molecule has 1 aromatic heterocycles. The number of amides is 1. The van der Waals surface area contributed by atoms with Crippen molar-refractivity contribution in [3.05, 3.63) is 62.8 Å². The second kappa shape index (κ2) is 8.05. The van der Waals surface area contributed by atoms with Crippen molar-refractivity contribution in [3.8, 4) is 0 Å². The second-order valence-corrected chi connectivity index (χ2v) is 8.62. The minimum Gasteiger partial charge on any atom is -0.298 e. The van der Waals surface area contributed by atoms with Gasteiger partial charge in [0.05, 0.1) is 11.1 Å². The predicted molar refractivity (Wildman–Crippen MR) is 115 cm³/mol. The van der Waals surface area contributed by atoms with Gasteiger partial charge in [-0.2, -0.15) is 0 Å². The molecular formula is C20H20BrN5OS. The summed E-state index contributed by atoms with van der Waals surface area (Å²) in [5, 5.41) is 11.5. The zero-order valence-corrected chi connectivity index (χ0v) is 18.0. The average Bonchev–Trinajstić information content (AvgIpc) is 2.67. The molecule has 8 heteroatoms. The summed E-state index contributed by atoms with van der Waals surface area (Å²) in [7, 11) is 0. The summed E-state index contributed by atoms with van der Waals surface area (Å²) in [6.07, 6.45) is 1.69. The van der Waals surface area contributed by atoms with Gasteiger partial charge in [0.2, 0.25) is 0 Å². The van der Waals surface area contributed by atoms with E-state index in [4.69, 9.17) is 10.1 Å². The van der Waals surface area contributed by atoms with Crippen molar-refractivity contribution in [3.63, 3.8) is 0 Å². The van der Waals surface area contributed by atoms with Gasteiger partial charge in [0.25, 0.3) is 5.91 Å². The van der Waals surface area contributed by atoms with Crippen LogP contribution in [0.4, 0.5) is 0 Å². The molecule has 1 atom stereocenters. The van der Waals surface area contributed by atoms with Crippen molar-refractivity contribution in [1.82, 2.24) is 15.3 Å². The number of hydrazone groups is 1. The standard InChI is InChI=1S/C20H20BrN5OS/c1-3-4-10-28-20-24-19(27)17-14-11-13(21)8-9-15(14)23-18(26(17)25-20)16-7-5-6-12(2)22-16/h5-9,11,18H,3-4,10H2,1-2H3,(H,24,25,27)/t18-/m1/s1. The summed E-state index contributed by atoms with van der Waals surface area (Å²) in [4.78, 5) is 22.5. The summed E-state index contributed by atoms with van der Waals surface area (Å²) < 4.78 is 0.890. The molecule has 1 N–H and O–H groups in total. The van der Waals surface area contributed by atoms with Crippen LogP contribution in [0.5, 0.6) is 0 Å². The molecule has 4 rings (SSSR count).